The number of piperazine rings is 1. The molecule has 4 aromatic heterocycles. The van der Waals surface area contributed by atoms with Gasteiger partial charge in [0, 0.05) is 74.5 Å². The Kier molecular flexibility index (Phi) is 7.70. The summed E-state index contributed by atoms with van der Waals surface area (Å²) in [5, 5.41) is 7.12. The van der Waals surface area contributed by atoms with E-state index >= 15 is 0 Å². The Morgan fingerprint density at radius 2 is 1.63 bits per heavy atom. The quantitative estimate of drug-likeness (QED) is 0.423. The second kappa shape index (κ2) is 11.0. The number of amides is 1. The van der Waals surface area contributed by atoms with Gasteiger partial charge in [0.15, 0.2) is 5.69 Å². The number of carbonyl (C=O) groups is 2. The van der Waals surface area contributed by atoms with Gasteiger partial charge in [0.2, 0.25) is 0 Å². The summed E-state index contributed by atoms with van der Waals surface area (Å²) >= 11 is 0. The van der Waals surface area contributed by atoms with Crippen molar-refractivity contribution in [1.29, 1.82) is 0 Å². The van der Waals surface area contributed by atoms with Crippen LogP contribution in [-0.4, -0.2) is 73.2 Å². The number of aliphatic carboxylic acids is 1. The SMILES string of the molecule is CC(C)n1ccc(-c2nc(C(=O)N3CCN(c4ccncc4)CC3)c3ccccn23)c1.O=C(O)C(F)(F)F. The van der Waals surface area contributed by atoms with Crippen LogP contribution in [0.15, 0.2) is 67.4 Å². The zero-order chi connectivity index (χ0) is 27.4. The molecule has 5 rings (SSSR count). The smallest absolute Gasteiger partial charge is 0.475 e. The van der Waals surface area contributed by atoms with E-state index in [9.17, 15) is 18.0 Å². The first kappa shape index (κ1) is 26.7. The molecule has 1 saturated heterocycles. The molecule has 0 radical (unpaired) electrons. The van der Waals surface area contributed by atoms with Gasteiger partial charge in [-0.2, -0.15) is 13.2 Å². The van der Waals surface area contributed by atoms with Gasteiger partial charge in [-0.15, -0.1) is 0 Å². The molecule has 0 aliphatic carbocycles. The molecule has 1 fully saturated rings. The number of imidazole rings is 1. The van der Waals surface area contributed by atoms with Crippen LogP contribution in [0.2, 0.25) is 0 Å². The molecule has 9 nitrogen and oxygen atoms in total. The van der Waals surface area contributed by atoms with Gasteiger partial charge < -0.3 is 19.5 Å². The topological polar surface area (TPSA) is 96.0 Å². The Morgan fingerprint density at radius 3 is 2.21 bits per heavy atom. The van der Waals surface area contributed by atoms with Gasteiger partial charge in [-0.05, 0) is 44.2 Å². The first-order valence-corrected chi connectivity index (χ1v) is 12.0. The molecule has 0 saturated carbocycles. The number of carbonyl (C=O) groups excluding carboxylic acids is 1. The highest BCUT2D eigenvalue weighted by Crippen LogP contribution is 2.26. The molecule has 0 spiro atoms. The molecule has 12 heteroatoms. The van der Waals surface area contributed by atoms with Gasteiger partial charge in [-0.1, -0.05) is 6.07 Å². The normalized spacial score (nSPS) is 13.9. The first-order valence-electron chi connectivity index (χ1n) is 12.0. The van der Waals surface area contributed by atoms with Crippen molar-refractivity contribution in [1.82, 2.24) is 23.8 Å². The standard InChI is InChI=1S/C24H26N6O.C2HF3O2/c1-18(2)29-12-8-19(17-29)23-26-22(21-5-3-4-11-30(21)23)24(31)28-15-13-27(14-16-28)20-6-9-25-10-7-20;3-2(4,5)1(6)7/h3-12,17-18H,13-16H2,1-2H3;(H,6,7). The van der Waals surface area contributed by atoms with Crippen molar-refractivity contribution in [2.75, 3.05) is 31.1 Å². The Hall–Kier alpha value is -4.35. The lowest BCUT2D eigenvalue weighted by Gasteiger charge is -2.35. The van der Waals surface area contributed by atoms with Crippen molar-refractivity contribution >= 4 is 23.1 Å². The third kappa shape index (κ3) is 5.79. The molecule has 1 aliphatic rings. The summed E-state index contributed by atoms with van der Waals surface area (Å²) in [4.78, 5) is 35.4. The fourth-order valence-electron chi connectivity index (χ4n) is 4.14. The Bertz CT molecular complexity index is 1410. The van der Waals surface area contributed by atoms with E-state index in [2.05, 4.69) is 46.8 Å². The van der Waals surface area contributed by atoms with Crippen molar-refractivity contribution in [3.05, 3.63) is 73.1 Å². The van der Waals surface area contributed by atoms with E-state index < -0.39 is 12.1 Å². The van der Waals surface area contributed by atoms with Gasteiger partial charge in [-0.3, -0.25) is 14.2 Å². The zero-order valence-corrected chi connectivity index (χ0v) is 20.8. The highest BCUT2D eigenvalue weighted by molar-refractivity contribution is 6.00. The lowest BCUT2D eigenvalue weighted by atomic mass is 10.2. The van der Waals surface area contributed by atoms with Crippen LogP contribution >= 0.6 is 0 Å². The predicted molar refractivity (Wildman–Crippen MR) is 135 cm³/mol. The number of anilines is 1. The van der Waals surface area contributed by atoms with Crippen LogP contribution in [0, 0.1) is 0 Å². The van der Waals surface area contributed by atoms with Crippen molar-refractivity contribution < 1.29 is 27.9 Å². The van der Waals surface area contributed by atoms with Crippen LogP contribution in [0.3, 0.4) is 0 Å². The summed E-state index contributed by atoms with van der Waals surface area (Å²) in [5.41, 5.74) is 3.52. The van der Waals surface area contributed by atoms with E-state index in [1.165, 1.54) is 0 Å². The number of aromatic nitrogens is 4. The predicted octanol–water partition coefficient (Wildman–Crippen LogP) is 4.37. The lowest BCUT2D eigenvalue weighted by Crippen LogP contribution is -2.49. The minimum Gasteiger partial charge on any atom is -0.475 e. The molecule has 1 amide bonds. The maximum Gasteiger partial charge on any atom is 0.490 e. The molecule has 0 unspecified atom stereocenters. The summed E-state index contributed by atoms with van der Waals surface area (Å²) in [7, 11) is 0. The fourth-order valence-corrected chi connectivity index (χ4v) is 4.14. The number of alkyl halides is 3. The van der Waals surface area contributed by atoms with Gasteiger partial charge in [0.05, 0.1) is 5.52 Å². The molecule has 4 aromatic rings. The molecular formula is C26H27F3N6O3. The van der Waals surface area contributed by atoms with E-state index in [-0.39, 0.29) is 5.91 Å². The molecule has 5 heterocycles. The average molecular weight is 529 g/mol. The van der Waals surface area contributed by atoms with Gasteiger partial charge in [-0.25, -0.2) is 9.78 Å². The monoisotopic (exact) mass is 528 g/mol. The summed E-state index contributed by atoms with van der Waals surface area (Å²) in [6.07, 6.45) is 4.65. The second-order valence-corrected chi connectivity index (χ2v) is 8.97. The Balaban J connectivity index is 0.000000426. The molecule has 1 N–H and O–H groups in total. The van der Waals surface area contributed by atoms with E-state index in [1.54, 1.807) is 12.4 Å². The van der Waals surface area contributed by atoms with Crippen LogP contribution in [-0.2, 0) is 4.79 Å². The van der Waals surface area contributed by atoms with Crippen molar-refractivity contribution in [2.45, 2.75) is 26.1 Å². The second-order valence-electron chi connectivity index (χ2n) is 8.97. The van der Waals surface area contributed by atoms with Crippen LogP contribution < -0.4 is 4.90 Å². The van der Waals surface area contributed by atoms with Crippen LogP contribution in [0.5, 0.6) is 0 Å². The molecular weight excluding hydrogens is 501 g/mol. The fraction of sp³-hybridized carbons (Fsp3) is 0.308. The zero-order valence-electron chi connectivity index (χ0n) is 20.8. The largest absolute Gasteiger partial charge is 0.490 e. The van der Waals surface area contributed by atoms with Crippen molar-refractivity contribution in [2.24, 2.45) is 0 Å². The third-order valence-corrected chi connectivity index (χ3v) is 6.16. The summed E-state index contributed by atoms with van der Waals surface area (Å²) < 4.78 is 35.9. The number of pyridine rings is 2. The van der Waals surface area contributed by atoms with Gasteiger partial charge in [0.1, 0.15) is 5.82 Å². The number of fused-ring (bicyclic) bond motifs is 1. The number of halogens is 3. The third-order valence-electron chi connectivity index (χ3n) is 6.16. The number of carboxylic acids is 1. The maximum atomic E-state index is 13.4. The Labute approximate surface area is 216 Å². The molecule has 1 aliphatic heterocycles. The molecule has 0 bridgehead atoms. The lowest BCUT2D eigenvalue weighted by molar-refractivity contribution is -0.192. The summed E-state index contributed by atoms with van der Waals surface area (Å²) in [6.45, 7) is 7.23. The van der Waals surface area contributed by atoms with Crippen LogP contribution in [0.1, 0.15) is 30.4 Å². The molecule has 200 valence electrons. The minimum atomic E-state index is -5.08. The highest BCUT2D eigenvalue weighted by atomic mass is 19.4. The maximum absolute atomic E-state index is 13.4. The number of hydrogen-bond acceptors (Lipinski definition) is 5. The van der Waals surface area contributed by atoms with Crippen LogP contribution in [0.25, 0.3) is 16.9 Å². The summed E-state index contributed by atoms with van der Waals surface area (Å²) in [5.74, 6) is -1.96. The molecule has 0 aromatic carbocycles. The number of rotatable bonds is 4. The number of carboxylic acid groups (broad SMARTS) is 1. The van der Waals surface area contributed by atoms with E-state index in [4.69, 9.17) is 14.9 Å². The van der Waals surface area contributed by atoms with E-state index in [0.29, 0.717) is 24.8 Å². The number of hydrogen-bond donors (Lipinski definition) is 1. The summed E-state index contributed by atoms with van der Waals surface area (Å²) in [6, 6.07) is 12.3. The number of nitrogens with zero attached hydrogens (tertiary/aromatic N) is 6. The first-order chi connectivity index (χ1) is 18.1. The Morgan fingerprint density at radius 1 is 0.974 bits per heavy atom. The van der Waals surface area contributed by atoms with Crippen molar-refractivity contribution in [3.63, 3.8) is 0 Å². The van der Waals surface area contributed by atoms with E-state index in [0.717, 1.165) is 35.7 Å². The van der Waals surface area contributed by atoms with Crippen molar-refractivity contribution in [3.8, 4) is 11.4 Å². The van der Waals surface area contributed by atoms with Gasteiger partial charge >= 0.3 is 12.1 Å². The highest BCUT2D eigenvalue weighted by Gasteiger charge is 2.38. The average Bonchev–Trinajstić information content (AvgIpc) is 3.54. The van der Waals surface area contributed by atoms with Gasteiger partial charge in [0.25, 0.3) is 5.91 Å². The van der Waals surface area contributed by atoms with Crippen LogP contribution in [0.4, 0.5) is 18.9 Å². The molecule has 0 atom stereocenters. The minimum absolute atomic E-state index is 0.00683. The molecule has 38 heavy (non-hydrogen) atoms. The van der Waals surface area contributed by atoms with E-state index in [1.807, 2.05) is 45.8 Å².